The molecular weight excluding hydrogens is 226 g/mol. The van der Waals surface area contributed by atoms with Crippen LogP contribution in [0, 0.1) is 5.41 Å². The molecule has 0 radical (unpaired) electrons. The number of H-pyrrole nitrogens is 1. The Bertz CT molecular complexity index is 480. The molecule has 0 aliphatic heterocycles. The maximum Gasteiger partial charge on any atom is 0.256 e. The Kier molecular flexibility index (Phi) is 3.46. The smallest absolute Gasteiger partial charge is 0.256 e. The molecule has 0 spiro atoms. The standard InChI is InChI=1S/C14H23N3O/c1-4-10-11(15)16-12(17-13(10)18)9-5-7-14(2,3)8-6-9/h9H,4-8H2,1-3H3,(H3,15,16,17,18). The molecule has 0 atom stereocenters. The Morgan fingerprint density at radius 1 is 1.39 bits per heavy atom. The predicted molar refractivity (Wildman–Crippen MR) is 73.6 cm³/mol. The monoisotopic (exact) mass is 249 g/mol. The Morgan fingerprint density at radius 2 is 2.00 bits per heavy atom. The van der Waals surface area contributed by atoms with Gasteiger partial charge in [-0.1, -0.05) is 20.8 Å². The molecule has 1 aliphatic rings. The molecule has 1 aliphatic carbocycles. The number of rotatable bonds is 2. The van der Waals surface area contributed by atoms with Crippen LogP contribution in [-0.2, 0) is 6.42 Å². The van der Waals surface area contributed by atoms with E-state index in [1.807, 2.05) is 6.92 Å². The molecule has 18 heavy (non-hydrogen) atoms. The van der Waals surface area contributed by atoms with E-state index in [4.69, 9.17) is 5.73 Å². The summed E-state index contributed by atoms with van der Waals surface area (Å²) < 4.78 is 0. The van der Waals surface area contributed by atoms with Crippen molar-refractivity contribution in [3.63, 3.8) is 0 Å². The summed E-state index contributed by atoms with van der Waals surface area (Å²) in [6.45, 7) is 6.52. The second-order valence-corrected chi connectivity index (χ2v) is 6.11. The number of aromatic nitrogens is 2. The molecular formula is C14H23N3O. The van der Waals surface area contributed by atoms with Crippen molar-refractivity contribution in [1.29, 1.82) is 0 Å². The second-order valence-electron chi connectivity index (χ2n) is 6.11. The molecule has 1 saturated carbocycles. The van der Waals surface area contributed by atoms with Gasteiger partial charge < -0.3 is 10.7 Å². The van der Waals surface area contributed by atoms with E-state index >= 15 is 0 Å². The first-order valence-corrected chi connectivity index (χ1v) is 6.81. The number of hydrogen-bond acceptors (Lipinski definition) is 3. The van der Waals surface area contributed by atoms with Crippen LogP contribution in [0.2, 0.25) is 0 Å². The van der Waals surface area contributed by atoms with Crippen molar-refractivity contribution in [2.24, 2.45) is 5.41 Å². The zero-order chi connectivity index (χ0) is 13.3. The Balaban J connectivity index is 2.23. The fourth-order valence-electron chi connectivity index (χ4n) is 2.74. The normalized spacial score (nSPS) is 19.9. The summed E-state index contributed by atoms with van der Waals surface area (Å²) in [6, 6.07) is 0. The quantitative estimate of drug-likeness (QED) is 0.846. The van der Waals surface area contributed by atoms with Crippen molar-refractivity contribution >= 4 is 5.82 Å². The molecule has 0 unspecified atom stereocenters. The molecule has 4 heteroatoms. The average molecular weight is 249 g/mol. The van der Waals surface area contributed by atoms with E-state index in [-0.39, 0.29) is 5.56 Å². The summed E-state index contributed by atoms with van der Waals surface area (Å²) in [5, 5.41) is 0. The van der Waals surface area contributed by atoms with E-state index in [9.17, 15) is 4.79 Å². The molecule has 0 aromatic carbocycles. The number of nitrogens with one attached hydrogen (secondary N) is 1. The van der Waals surface area contributed by atoms with E-state index in [0.29, 0.717) is 29.1 Å². The Labute approximate surface area is 108 Å². The third-order valence-corrected chi connectivity index (χ3v) is 4.15. The number of nitrogens with zero attached hydrogens (tertiary/aromatic N) is 1. The Hall–Kier alpha value is -1.32. The summed E-state index contributed by atoms with van der Waals surface area (Å²) in [4.78, 5) is 19.2. The molecule has 1 heterocycles. The number of anilines is 1. The number of nitrogens with two attached hydrogens (primary N) is 1. The first-order valence-electron chi connectivity index (χ1n) is 6.81. The molecule has 0 bridgehead atoms. The van der Waals surface area contributed by atoms with Gasteiger partial charge >= 0.3 is 0 Å². The minimum absolute atomic E-state index is 0.0650. The van der Waals surface area contributed by atoms with E-state index in [1.165, 1.54) is 12.8 Å². The highest BCUT2D eigenvalue weighted by Crippen LogP contribution is 2.41. The summed E-state index contributed by atoms with van der Waals surface area (Å²) in [5.41, 5.74) is 6.83. The van der Waals surface area contributed by atoms with E-state index in [2.05, 4.69) is 23.8 Å². The van der Waals surface area contributed by atoms with Crippen molar-refractivity contribution in [2.75, 3.05) is 5.73 Å². The highest BCUT2D eigenvalue weighted by molar-refractivity contribution is 5.37. The first kappa shape index (κ1) is 13.1. The van der Waals surface area contributed by atoms with E-state index in [0.717, 1.165) is 18.7 Å². The summed E-state index contributed by atoms with van der Waals surface area (Å²) in [7, 11) is 0. The molecule has 2 rings (SSSR count). The number of hydrogen-bond donors (Lipinski definition) is 2. The van der Waals surface area contributed by atoms with Crippen molar-refractivity contribution < 1.29 is 0 Å². The van der Waals surface area contributed by atoms with Crippen LogP contribution in [0.3, 0.4) is 0 Å². The van der Waals surface area contributed by atoms with Gasteiger partial charge in [0.05, 0.1) is 5.56 Å². The third-order valence-electron chi connectivity index (χ3n) is 4.15. The Morgan fingerprint density at radius 3 is 2.50 bits per heavy atom. The molecule has 0 saturated heterocycles. The minimum atomic E-state index is -0.0650. The maximum absolute atomic E-state index is 11.9. The highest BCUT2D eigenvalue weighted by Gasteiger charge is 2.29. The van der Waals surface area contributed by atoms with Gasteiger partial charge in [0.1, 0.15) is 11.6 Å². The SMILES string of the molecule is CCc1c(N)nc(C2CCC(C)(C)CC2)[nH]c1=O. The molecule has 1 fully saturated rings. The van der Waals surface area contributed by atoms with Gasteiger partial charge in [-0.05, 0) is 37.5 Å². The lowest BCUT2D eigenvalue weighted by molar-refractivity contribution is 0.220. The molecule has 3 N–H and O–H groups in total. The zero-order valence-corrected chi connectivity index (χ0v) is 11.5. The van der Waals surface area contributed by atoms with Crippen LogP contribution in [0.25, 0.3) is 0 Å². The van der Waals surface area contributed by atoms with Crippen molar-refractivity contribution in [3.8, 4) is 0 Å². The summed E-state index contributed by atoms with van der Waals surface area (Å²) in [5.74, 6) is 1.55. The van der Waals surface area contributed by atoms with Gasteiger partial charge in [0.2, 0.25) is 0 Å². The van der Waals surface area contributed by atoms with Gasteiger partial charge in [-0.15, -0.1) is 0 Å². The molecule has 1 aromatic rings. The maximum atomic E-state index is 11.9. The van der Waals surface area contributed by atoms with Crippen LogP contribution in [-0.4, -0.2) is 9.97 Å². The van der Waals surface area contributed by atoms with Crippen LogP contribution in [0.5, 0.6) is 0 Å². The van der Waals surface area contributed by atoms with Gasteiger partial charge in [-0.3, -0.25) is 4.79 Å². The number of aromatic amines is 1. The second kappa shape index (κ2) is 4.75. The van der Waals surface area contributed by atoms with Gasteiger partial charge in [0.15, 0.2) is 0 Å². The van der Waals surface area contributed by atoms with Crippen molar-refractivity contribution in [3.05, 3.63) is 21.7 Å². The van der Waals surface area contributed by atoms with Gasteiger partial charge in [-0.25, -0.2) is 4.98 Å². The van der Waals surface area contributed by atoms with Crippen molar-refractivity contribution in [2.45, 2.75) is 58.8 Å². The lowest BCUT2D eigenvalue weighted by Gasteiger charge is -2.33. The molecule has 1 aromatic heterocycles. The van der Waals surface area contributed by atoms with Gasteiger partial charge in [0.25, 0.3) is 5.56 Å². The van der Waals surface area contributed by atoms with Crippen molar-refractivity contribution in [1.82, 2.24) is 9.97 Å². The average Bonchev–Trinajstić information content (AvgIpc) is 2.28. The fourth-order valence-corrected chi connectivity index (χ4v) is 2.74. The van der Waals surface area contributed by atoms with Crippen LogP contribution < -0.4 is 11.3 Å². The minimum Gasteiger partial charge on any atom is -0.383 e. The lowest BCUT2D eigenvalue weighted by Crippen LogP contribution is -2.25. The van der Waals surface area contributed by atoms with Gasteiger partial charge in [0, 0.05) is 5.92 Å². The van der Waals surface area contributed by atoms with Crippen LogP contribution in [0.15, 0.2) is 4.79 Å². The van der Waals surface area contributed by atoms with Crippen LogP contribution in [0.4, 0.5) is 5.82 Å². The first-order chi connectivity index (χ1) is 8.43. The topological polar surface area (TPSA) is 71.8 Å². The zero-order valence-electron chi connectivity index (χ0n) is 11.5. The van der Waals surface area contributed by atoms with Gasteiger partial charge in [-0.2, -0.15) is 0 Å². The third kappa shape index (κ3) is 2.57. The highest BCUT2D eigenvalue weighted by atomic mass is 16.1. The largest absolute Gasteiger partial charge is 0.383 e. The van der Waals surface area contributed by atoms with Crippen LogP contribution in [0.1, 0.15) is 63.8 Å². The lowest BCUT2D eigenvalue weighted by atomic mass is 9.73. The number of nitrogen functional groups attached to an aromatic ring is 1. The fraction of sp³-hybridized carbons (Fsp3) is 0.714. The molecule has 4 nitrogen and oxygen atoms in total. The predicted octanol–water partition coefficient (Wildman–Crippen LogP) is 2.60. The molecule has 100 valence electrons. The van der Waals surface area contributed by atoms with Crippen LogP contribution >= 0.6 is 0 Å². The van der Waals surface area contributed by atoms with E-state index < -0.39 is 0 Å². The summed E-state index contributed by atoms with van der Waals surface area (Å²) in [6.07, 6.45) is 5.15. The van der Waals surface area contributed by atoms with E-state index in [1.54, 1.807) is 0 Å². The molecule has 0 amide bonds. The summed E-state index contributed by atoms with van der Waals surface area (Å²) >= 11 is 0.